The molecule has 0 atom stereocenters. The molecule has 1 aliphatic rings. The van der Waals surface area contributed by atoms with Gasteiger partial charge in [0.05, 0.1) is 0 Å². The van der Waals surface area contributed by atoms with Crippen LogP contribution in [0.3, 0.4) is 0 Å². The molecule has 0 radical (unpaired) electrons. The fraction of sp³-hybridized carbons (Fsp3) is 0.429. The minimum atomic E-state index is 1.10. The highest BCUT2D eigenvalue weighted by Gasteiger charge is 2.12. The Morgan fingerprint density at radius 3 is 2.94 bits per heavy atom. The molecule has 1 fully saturated rings. The molecule has 0 unspecified atom stereocenters. The third-order valence-corrected chi connectivity index (χ3v) is 4.67. The highest BCUT2D eigenvalue weighted by atomic mass is 32.1. The van der Waals surface area contributed by atoms with Crippen LogP contribution >= 0.6 is 11.3 Å². The van der Waals surface area contributed by atoms with Crippen LogP contribution in [0.2, 0.25) is 0 Å². The number of nitrogens with one attached hydrogen (secondary N) is 1. The number of benzene rings is 1. The molecule has 0 spiro atoms. The smallest absolute Gasteiger partial charge is 0.0390 e. The van der Waals surface area contributed by atoms with Gasteiger partial charge in [0, 0.05) is 37.4 Å². The van der Waals surface area contributed by atoms with Gasteiger partial charge in [-0.3, -0.25) is 4.90 Å². The van der Waals surface area contributed by atoms with Gasteiger partial charge in [0.25, 0.3) is 0 Å². The summed E-state index contributed by atoms with van der Waals surface area (Å²) >= 11 is 1.89. The second kappa shape index (κ2) is 4.77. The topological polar surface area (TPSA) is 15.3 Å². The largest absolute Gasteiger partial charge is 0.314 e. The van der Waals surface area contributed by atoms with Crippen molar-refractivity contribution in [1.82, 2.24) is 10.2 Å². The first-order chi connectivity index (χ1) is 8.34. The monoisotopic (exact) mass is 246 g/mol. The van der Waals surface area contributed by atoms with Gasteiger partial charge in [0.15, 0.2) is 0 Å². The summed E-state index contributed by atoms with van der Waals surface area (Å²) in [7, 11) is 0. The summed E-state index contributed by atoms with van der Waals surface area (Å²) in [6.07, 6.45) is 0. The van der Waals surface area contributed by atoms with Crippen molar-refractivity contribution in [2.75, 3.05) is 26.2 Å². The molecule has 3 rings (SSSR count). The maximum absolute atomic E-state index is 3.40. The molecule has 2 aromatic rings. The lowest BCUT2D eigenvalue weighted by Crippen LogP contribution is -2.42. The Kier molecular flexibility index (Phi) is 3.14. The molecule has 17 heavy (non-hydrogen) atoms. The first-order valence-corrected chi connectivity index (χ1v) is 7.11. The van der Waals surface area contributed by atoms with Gasteiger partial charge < -0.3 is 5.32 Å². The third kappa shape index (κ3) is 2.23. The second-order valence-electron chi connectivity index (χ2n) is 4.74. The van der Waals surface area contributed by atoms with E-state index in [0.29, 0.717) is 0 Å². The highest BCUT2D eigenvalue weighted by molar-refractivity contribution is 7.17. The highest BCUT2D eigenvalue weighted by Crippen LogP contribution is 2.29. The predicted molar refractivity (Wildman–Crippen MR) is 74.7 cm³/mol. The molecule has 0 aliphatic carbocycles. The van der Waals surface area contributed by atoms with Gasteiger partial charge in [-0.15, -0.1) is 11.3 Å². The fourth-order valence-corrected chi connectivity index (χ4v) is 3.54. The van der Waals surface area contributed by atoms with Crippen LogP contribution in [0.1, 0.15) is 11.1 Å². The van der Waals surface area contributed by atoms with E-state index in [1.165, 1.54) is 34.3 Å². The van der Waals surface area contributed by atoms with E-state index in [2.05, 4.69) is 40.7 Å². The SMILES string of the molecule is Cc1csc2c(CN3CCNCC3)cccc12. The minimum absolute atomic E-state index is 1.10. The zero-order valence-corrected chi connectivity index (χ0v) is 11.0. The number of nitrogens with zero attached hydrogens (tertiary/aromatic N) is 1. The first-order valence-electron chi connectivity index (χ1n) is 6.23. The number of hydrogen-bond acceptors (Lipinski definition) is 3. The lowest BCUT2D eigenvalue weighted by Gasteiger charge is -2.27. The van der Waals surface area contributed by atoms with Crippen LogP contribution in [-0.4, -0.2) is 31.1 Å². The van der Waals surface area contributed by atoms with Crippen LogP contribution in [0.5, 0.6) is 0 Å². The van der Waals surface area contributed by atoms with E-state index >= 15 is 0 Å². The summed E-state index contributed by atoms with van der Waals surface area (Å²) in [6, 6.07) is 6.71. The van der Waals surface area contributed by atoms with Crippen LogP contribution in [0, 0.1) is 6.92 Å². The van der Waals surface area contributed by atoms with Gasteiger partial charge in [-0.25, -0.2) is 0 Å². The van der Waals surface area contributed by atoms with Crippen LogP contribution in [-0.2, 0) is 6.54 Å². The molecule has 1 N–H and O–H groups in total. The van der Waals surface area contributed by atoms with Crippen molar-refractivity contribution in [3.8, 4) is 0 Å². The van der Waals surface area contributed by atoms with Crippen molar-refractivity contribution < 1.29 is 0 Å². The molecule has 0 bridgehead atoms. The predicted octanol–water partition coefficient (Wildman–Crippen LogP) is 2.61. The quantitative estimate of drug-likeness (QED) is 0.876. The van der Waals surface area contributed by atoms with Crippen molar-refractivity contribution >= 4 is 21.4 Å². The Balaban J connectivity index is 1.89. The molecule has 2 heterocycles. The third-order valence-electron chi connectivity index (χ3n) is 3.48. The Bertz CT molecular complexity index is 512. The molecular weight excluding hydrogens is 228 g/mol. The van der Waals surface area contributed by atoms with E-state index in [4.69, 9.17) is 0 Å². The summed E-state index contributed by atoms with van der Waals surface area (Å²) in [4.78, 5) is 2.54. The summed E-state index contributed by atoms with van der Waals surface area (Å²) in [5.74, 6) is 0. The summed E-state index contributed by atoms with van der Waals surface area (Å²) in [6.45, 7) is 7.88. The standard InChI is InChI=1S/C14H18N2S/c1-11-10-17-14-12(3-2-4-13(11)14)9-16-7-5-15-6-8-16/h2-4,10,15H,5-9H2,1H3. The number of rotatable bonds is 2. The number of hydrogen-bond donors (Lipinski definition) is 1. The van der Waals surface area contributed by atoms with Crippen molar-refractivity contribution in [2.45, 2.75) is 13.5 Å². The molecule has 2 nitrogen and oxygen atoms in total. The molecule has 1 aliphatic heterocycles. The van der Waals surface area contributed by atoms with E-state index in [9.17, 15) is 0 Å². The molecule has 90 valence electrons. The van der Waals surface area contributed by atoms with Crippen molar-refractivity contribution in [3.05, 3.63) is 34.7 Å². The number of piperazine rings is 1. The van der Waals surface area contributed by atoms with E-state index in [0.717, 1.165) is 19.6 Å². The number of fused-ring (bicyclic) bond motifs is 1. The van der Waals surface area contributed by atoms with Crippen LogP contribution in [0.25, 0.3) is 10.1 Å². The van der Waals surface area contributed by atoms with Gasteiger partial charge in [-0.1, -0.05) is 18.2 Å². The molecule has 0 amide bonds. The molecule has 0 saturated carbocycles. The average Bonchev–Trinajstić information content (AvgIpc) is 2.74. The maximum Gasteiger partial charge on any atom is 0.0390 e. The van der Waals surface area contributed by atoms with Gasteiger partial charge >= 0.3 is 0 Å². The molecular formula is C14H18N2S. The summed E-state index contributed by atoms with van der Waals surface area (Å²) in [5.41, 5.74) is 2.90. The van der Waals surface area contributed by atoms with Crippen LogP contribution in [0.15, 0.2) is 23.6 Å². The molecule has 1 aromatic carbocycles. The van der Waals surface area contributed by atoms with Gasteiger partial charge in [0.1, 0.15) is 0 Å². The lowest BCUT2D eigenvalue weighted by molar-refractivity contribution is 0.234. The Labute approximate surface area is 106 Å². The normalized spacial score (nSPS) is 17.7. The Hall–Kier alpha value is -0.900. The van der Waals surface area contributed by atoms with Crippen molar-refractivity contribution in [1.29, 1.82) is 0 Å². The summed E-state index contributed by atoms with van der Waals surface area (Å²) in [5, 5.41) is 7.11. The van der Waals surface area contributed by atoms with Gasteiger partial charge in [0.2, 0.25) is 0 Å². The van der Waals surface area contributed by atoms with Crippen molar-refractivity contribution in [3.63, 3.8) is 0 Å². The summed E-state index contributed by atoms with van der Waals surface area (Å²) < 4.78 is 1.48. The maximum atomic E-state index is 3.40. The molecule has 1 saturated heterocycles. The molecule has 3 heteroatoms. The van der Waals surface area contributed by atoms with Crippen LogP contribution in [0.4, 0.5) is 0 Å². The van der Waals surface area contributed by atoms with E-state index in [-0.39, 0.29) is 0 Å². The zero-order valence-electron chi connectivity index (χ0n) is 10.2. The second-order valence-corrected chi connectivity index (χ2v) is 5.62. The van der Waals surface area contributed by atoms with E-state index in [1.54, 1.807) is 0 Å². The van der Waals surface area contributed by atoms with Crippen LogP contribution < -0.4 is 5.32 Å². The van der Waals surface area contributed by atoms with E-state index < -0.39 is 0 Å². The van der Waals surface area contributed by atoms with Crippen molar-refractivity contribution in [2.24, 2.45) is 0 Å². The lowest BCUT2D eigenvalue weighted by atomic mass is 10.1. The average molecular weight is 246 g/mol. The van der Waals surface area contributed by atoms with Gasteiger partial charge in [-0.05, 0) is 28.8 Å². The fourth-order valence-electron chi connectivity index (χ4n) is 2.48. The minimum Gasteiger partial charge on any atom is -0.314 e. The van der Waals surface area contributed by atoms with Gasteiger partial charge in [-0.2, -0.15) is 0 Å². The van der Waals surface area contributed by atoms with E-state index in [1.807, 2.05) is 11.3 Å². The number of thiophene rings is 1. The zero-order chi connectivity index (χ0) is 11.7. The first kappa shape index (κ1) is 11.2. The Morgan fingerprint density at radius 2 is 2.12 bits per heavy atom. The molecule has 1 aromatic heterocycles. The Morgan fingerprint density at radius 1 is 1.29 bits per heavy atom. The number of aryl methyl sites for hydroxylation is 1.